The molecule has 1 amide bonds. The van der Waals surface area contributed by atoms with E-state index in [-0.39, 0.29) is 5.70 Å². The van der Waals surface area contributed by atoms with Crippen molar-refractivity contribution in [3.8, 4) is 5.75 Å². The number of hydrogen-bond acceptors (Lipinski definition) is 5. The predicted molar refractivity (Wildman–Crippen MR) is 94.8 cm³/mol. The molecule has 1 aromatic carbocycles. The van der Waals surface area contributed by atoms with Gasteiger partial charge in [-0.25, -0.2) is 4.79 Å². The van der Waals surface area contributed by atoms with Gasteiger partial charge in [0.05, 0.1) is 20.6 Å². The third kappa shape index (κ3) is 5.01. The van der Waals surface area contributed by atoms with Gasteiger partial charge in [-0.05, 0) is 35.9 Å². The molecule has 2 N–H and O–H groups in total. The van der Waals surface area contributed by atoms with Crippen LogP contribution in [0.3, 0.4) is 0 Å². The Labute approximate surface area is 150 Å². The standard InChI is InChI=1S/C19H18N2O5/c1-25-16-9-7-14(8-10-16)18(22)20-17(19(23)26-2)12-13-5-3-4-6-15(11-13)21-24/h3-5,7-12H,6H2,1-2H3,(H,20,22)/p+1/b17-12-. The van der Waals surface area contributed by atoms with Crippen LogP contribution in [0.25, 0.3) is 0 Å². The molecule has 2 rings (SSSR count). The molecule has 134 valence electrons. The Bertz CT molecular complexity index is 817. The summed E-state index contributed by atoms with van der Waals surface area (Å²) in [5.74, 6) is -0.560. The van der Waals surface area contributed by atoms with E-state index in [1.165, 1.54) is 20.3 Å². The van der Waals surface area contributed by atoms with E-state index in [1.54, 1.807) is 48.6 Å². The maximum atomic E-state index is 12.4. The number of carbonyl (C=O) groups excluding carboxylic acids is 2. The largest absolute Gasteiger partial charge is 0.497 e. The minimum atomic E-state index is -0.703. The number of allylic oxidation sites excluding steroid dienone is 6. The molecule has 0 spiro atoms. The molecular formula is C19H19N2O5+. The summed E-state index contributed by atoms with van der Waals surface area (Å²) in [7, 11) is 2.75. The fourth-order valence-corrected chi connectivity index (χ4v) is 2.20. The number of ether oxygens (including phenoxy) is 2. The van der Waals surface area contributed by atoms with E-state index >= 15 is 0 Å². The van der Waals surface area contributed by atoms with Gasteiger partial charge in [0.2, 0.25) is 5.70 Å². The lowest BCUT2D eigenvalue weighted by molar-refractivity contribution is -0.424. The zero-order valence-corrected chi connectivity index (χ0v) is 14.4. The first-order valence-electron chi connectivity index (χ1n) is 7.78. The van der Waals surface area contributed by atoms with Crippen LogP contribution in [0.1, 0.15) is 16.8 Å². The average Bonchev–Trinajstić information content (AvgIpc) is 2.91. The summed E-state index contributed by atoms with van der Waals surface area (Å²) >= 11 is 0. The molecule has 0 saturated heterocycles. The highest BCUT2D eigenvalue weighted by Crippen LogP contribution is 2.14. The lowest BCUT2D eigenvalue weighted by atomic mass is 10.1. The molecular weight excluding hydrogens is 336 g/mol. The second-order valence-electron chi connectivity index (χ2n) is 5.30. The molecule has 1 aliphatic carbocycles. The first-order chi connectivity index (χ1) is 12.6. The average molecular weight is 355 g/mol. The van der Waals surface area contributed by atoms with Crippen molar-refractivity contribution < 1.29 is 24.2 Å². The van der Waals surface area contributed by atoms with E-state index in [9.17, 15) is 14.5 Å². The van der Waals surface area contributed by atoms with Crippen molar-refractivity contribution in [1.29, 1.82) is 0 Å². The summed E-state index contributed by atoms with van der Waals surface area (Å²) in [6.07, 6.45) is 8.75. The Morgan fingerprint density at radius 3 is 2.54 bits per heavy atom. The van der Waals surface area contributed by atoms with E-state index in [2.05, 4.69) is 5.32 Å². The summed E-state index contributed by atoms with van der Waals surface area (Å²) in [6.45, 7) is 0. The van der Waals surface area contributed by atoms with Gasteiger partial charge in [0.1, 0.15) is 11.4 Å². The number of nitroso groups, excluding NO2 is 1. The van der Waals surface area contributed by atoms with Crippen molar-refractivity contribution >= 4 is 11.9 Å². The van der Waals surface area contributed by atoms with Crippen molar-refractivity contribution in [2.45, 2.75) is 6.42 Å². The Kier molecular flexibility index (Phi) is 6.61. The highest BCUT2D eigenvalue weighted by molar-refractivity contribution is 6.01. The smallest absolute Gasteiger partial charge is 0.354 e. The van der Waals surface area contributed by atoms with Crippen LogP contribution in [0.2, 0.25) is 0 Å². The zero-order chi connectivity index (χ0) is 18.9. The van der Waals surface area contributed by atoms with Crippen molar-refractivity contribution in [1.82, 2.24) is 5.32 Å². The summed E-state index contributed by atoms with van der Waals surface area (Å²) in [6, 6.07) is 6.44. The van der Waals surface area contributed by atoms with Gasteiger partial charge in [0, 0.05) is 21.7 Å². The normalized spacial score (nSPS) is 13.8. The lowest BCUT2D eigenvalue weighted by Gasteiger charge is -2.09. The molecule has 0 fully saturated rings. The molecule has 0 heterocycles. The SMILES string of the molecule is COC(=O)/C(=C/C1=CC=CCC([NH+]=O)=C1)NC(=O)c1ccc(OC)cc1. The topological polar surface area (TPSA) is 95.7 Å². The molecule has 7 nitrogen and oxygen atoms in total. The quantitative estimate of drug-likeness (QED) is 0.588. The number of amides is 1. The fourth-order valence-electron chi connectivity index (χ4n) is 2.20. The van der Waals surface area contributed by atoms with E-state index in [0.717, 1.165) is 0 Å². The van der Waals surface area contributed by atoms with Crippen LogP contribution in [0.4, 0.5) is 0 Å². The fraction of sp³-hybridized carbons (Fsp3) is 0.158. The molecule has 1 aromatic rings. The molecule has 26 heavy (non-hydrogen) atoms. The molecule has 0 aliphatic heterocycles. The minimum Gasteiger partial charge on any atom is -0.497 e. The summed E-state index contributed by atoms with van der Waals surface area (Å²) in [4.78, 5) is 35.3. The summed E-state index contributed by atoms with van der Waals surface area (Å²) < 4.78 is 9.78. The monoisotopic (exact) mass is 355 g/mol. The van der Waals surface area contributed by atoms with Gasteiger partial charge in [0.25, 0.3) is 5.91 Å². The zero-order valence-electron chi connectivity index (χ0n) is 14.4. The van der Waals surface area contributed by atoms with E-state index in [1.807, 2.05) is 5.18 Å². The Balaban J connectivity index is 2.28. The predicted octanol–water partition coefficient (Wildman–Crippen LogP) is 1.10. The summed E-state index contributed by atoms with van der Waals surface area (Å²) in [5, 5.41) is 4.38. The Hall–Kier alpha value is -3.48. The van der Waals surface area contributed by atoms with Crippen molar-refractivity contribution in [3.05, 3.63) is 82.1 Å². The van der Waals surface area contributed by atoms with Crippen LogP contribution in [0.15, 0.2) is 71.6 Å². The van der Waals surface area contributed by atoms with E-state index in [0.29, 0.717) is 29.0 Å². The number of rotatable bonds is 6. The third-order valence-corrected chi connectivity index (χ3v) is 3.55. The Morgan fingerprint density at radius 1 is 1.19 bits per heavy atom. The van der Waals surface area contributed by atoms with Gasteiger partial charge < -0.3 is 14.8 Å². The van der Waals surface area contributed by atoms with Gasteiger partial charge in [-0.1, -0.05) is 18.2 Å². The van der Waals surface area contributed by atoms with Crippen molar-refractivity contribution in [2.75, 3.05) is 14.2 Å². The molecule has 0 atom stereocenters. The van der Waals surface area contributed by atoms with Crippen LogP contribution in [0, 0.1) is 4.91 Å². The van der Waals surface area contributed by atoms with Crippen LogP contribution >= 0.6 is 0 Å². The Morgan fingerprint density at radius 2 is 1.92 bits per heavy atom. The number of esters is 1. The number of hydrogen-bond donors (Lipinski definition) is 2. The van der Waals surface area contributed by atoms with Gasteiger partial charge in [-0.3, -0.25) is 4.79 Å². The number of benzene rings is 1. The van der Waals surface area contributed by atoms with Crippen molar-refractivity contribution in [3.63, 3.8) is 0 Å². The van der Waals surface area contributed by atoms with Gasteiger partial charge in [-0.2, -0.15) is 0 Å². The highest BCUT2D eigenvalue weighted by Gasteiger charge is 2.16. The van der Waals surface area contributed by atoms with Crippen LogP contribution < -0.4 is 15.2 Å². The molecule has 0 radical (unpaired) electrons. The molecule has 0 unspecified atom stereocenters. The van der Waals surface area contributed by atoms with Crippen LogP contribution in [0.5, 0.6) is 5.75 Å². The van der Waals surface area contributed by atoms with Crippen molar-refractivity contribution in [2.24, 2.45) is 0 Å². The van der Waals surface area contributed by atoms with Gasteiger partial charge in [-0.15, -0.1) is 0 Å². The first kappa shape index (κ1) is 18.9. The van der Waals surface area contributed by atoms with Gasteiger partial charge >= 0.3 is 5.97 Å². The van der Waals surface area contributed by atoms with Gasteiger partial charge in [0.15, 0.2) is 0 Å². The third-order valence-electron chi connectivity index (χ3n) is 3.55. The number of methoxy groups -OCH3 is 2. The molecule has 7 heteroatoms. The van der Waals surface area contributed by atoms with Crippen LogP contribution in [-0.4, -0.2) is 26.1 Å². The second kappa shape index (κ2) is 9.12. The maximum Gasteiger partial charge on any atom is 0.354 e. The maximum absolute atomic E-state index is 12.4. The minimum absolute atomic E-state index is 0.0450. The van der Waals surface area contributed by atoms with E-state index in [4.69, 9.17) is 9.47 Å². The molecule has 0 aromatic heterocycles. The first-order valence-corrected chi connectivity index (χ1v) is 7.78. The van der Waals surface area contributed by atoms with E-state index < -0.39 is 11.9 Å². The molecule has 0 bridgehead atoms. The summed E-state index contributed by atoms with van der Waals surface area (Å²) in [5.41, 5.74) is 1.31. The second-order valence-corrected chi connectivity index (χ2v) is 5.30. The van der Waals surface area contributed by atoms with Crippen LogP contribution in [-0.2, 0) is 9.53 Å². The number of carbonyl (C=O) groups is 2. The molecule has 0 saturated carbocycles. The molecule has 1 aliphatic rings. The highest BCUT2D eigenvalue weighted by atomic mass is 16.5. The lowest BCUT2D eigenvalue weighted by Crippen LogP contribution is -2.61. The number of nitrogens with one attached hydrogen (secondary N) is 2.